The minimum Gasteiger partial charge on any atom is -1.00 e. The minimum atomic E-state index is -1.02. The first-order valence-electron chi connectivity index (χ1n) is 11.2. The molecule has 1 aliphatic heterocycles. The van der Waals surface area contributed by atoms with E-state index in [1.165, 1.54) is 43.2 Å². The van der Waals surface area contributed by atoms with Gasteiger partial charge in [-0.1, -0.05) is 0 Å². The summed E-state index contributed by atoms with van der Waals surface area (Å²) >= 11 is 4.58. The quantitative estimate of drug-likeness (QED) is 0.328. The minimum absolute atomic E-state index is 0. The van der Waals surface area contributed by atoms with E-state index in [9.17, 15) is 0 Å². The summed E-state index contributed by atoms with van der Waals surface area (Å²) in [6.07, 6.45) is 5.07. The van der Waals surface area contributed by atoms with Crippen molar-refractivity contribution in [3.63, 3.8) is 0 Å². The second kappa shape index (κ2) is 10.2. The molecule has 35 heavy (non-hydrogen) atoms. The van der Waals surface area contributed by atoms with Gasteiger partial charge in [0.2, 0.25) is 0 Å². The van der Waals surface area contributed by atoms with Crippen molar-refractivity contribution in [2.75, 3.05) is 0 Å². The number of hydrogen-bond acceptors (Lipinski definition) is 1. The zero-order valence-electron chi connectivity index (χ0n) is 18.5. The first-order chi connectivity index (χ1) is 16.2. The Labute approximate surface area is 242 Å². The Morgan fingerprint density at radius 1 is 0.657 bits per heavy atom. The van der Waals surface area contributed by atoms with E-state index in [-0.39, 0.29) is 24.8 Å². The first kappa shape index (κ1) is 25.3. The van der Waals surface area contributed by atoms with Gasteiger partial charge < -0.3 is 24.8 Å². The van der Waals surface area contributed by atoms with E-state index in [4.69, 9.17) is 0 Å². The van der Waals surface area contributed by atoms with Crippen LogP contribution >= 0.6 is 27.7 Å². The maximum Gasteiger partial charge on any atom is -1.00 e. The molecule has 5 heteroatoms. The normalized spacial score (nSPS) is 18.1. The summed E-state index contributed by atoms with van der Waals surface area (Å²) in [6.45, 7) is 0. The van der Waals surface area contributed by atoms with E-state index in [0.29, 0.717) is 11.8 Å². The van der Waals surface area contributed by atoms with Gasteiger partial charge in [0.15, 0.2) is 0 Å². The van der Waals surface area contributed by atoms with Gasteiger partial charge in [-0.05, 0) is 0 Å². The maximum atomic E-state index is 3.69. The molecule has 2 aliphatic carbocycles. The molecule has 0 fully saturated rings. The summed E-state index contributed by atoms with van der Waals surface area (Å²) < 4.78 is 4.50. The van der Waals surface area contributed by atoms with Crippen molar-refractivity contribution < 1.29 is 48.0 Å². The predicted octanol–water partition coefficient (Wildman–Crippen LogP) is 2.68. The maximum absolute atomic E-state index is 3.69. The van der Waals surface area contributed by atoms with Crippen molar-refractivity contribution in [1.82, 2.24) is 0 Å². The van der Waals surface area contributed by atoms with E-state index < -0.39 is 23.2 Å². The SMILES string of the molecule is Brc1ccc2c(c1)C=[C]([Zr+2][C]1=Cc3c4cccc3C1c1cccc(c1)S4)C2c1ccccc1.[Cl-].[Cl-]. The Morgan fingerprint density at radius 3 is 2.26 bits per heavy atom. The Bertz CT molecular complexity index is 1500. The molecule has 0 N–H and O–H groups in total. The van der Waals surface area contributed by atoms with Crippen molar-refractivity contribution in [2.24, 2.45) is 0 Å². The molecular formula is C30H19BrCl2SZr. The number of benzene rings is 4. The molecule has 170 valence electrons. The number of rotatable bonds is 3. The monoisotopic (exact) mass is 650 g/mol. The second-order valence-electron chi connectivity index (χ2n) is 8.81. The molecule has 0 saturated heterocycles. The smallest absolute Gasteiger partial charge is 1.00 e. The number of allylic oxidation sites excluding steroid dienone is 2. The molecule has 7 rings (SSSR count). The van der Waals surface area contributed by atoms with Crippen LogP contribution in [0.5, 0.6) is 0 Å². The van der Waals surface area contributed by atoms with Crippen LogP contribution in [0, 0.1) is 0 Å². The number of halogens is 3. The summed E-state index contributed by atoms with van der Waals surface area (Å²) in [5.41, 5.74) is 8.67. The van der Waals surface area contributed by atoms with Crippen molar-refractivity contribution in [3.8, 4) is 0 Å². The van der Waals surface area contributed by atoms with Crippen LogP contribution in [0.3, 0.4) is 0 Å². The molecule has 6 bridgehead atoms. The van der Waals surface area contributed by atoms with E-state index in [2.05, 4.69) is 119 Å². The molecule has 0 spiro atoms. The van der Waals surface area contributed by atoms with Crippen LogP contribution in [0.1, 0.15) is 45.2 Å². The third-order valence-corrected chi connectivity index (χ3v) is 12.0. The predicted molar refractivity (Wildman–Crippen MR) is 137 cm³/mol. The van der Waals surface area contributed by atoms with Crippen molar-refractivity contribution in [2.45, 2.75) is 21.6 Å². The van der Waals surface area contributed by atoms with Crippen LogP contribution in [0.25, 0.3) is 12.2 Å². The Kier molecular flexibility index (Phi) is 7.37. The molecule has 0 saturated carbocycles. The summed E-state index contributed by atoms with van der Waals surface area (Å²) in [6, 6.07) is 34.0. The Balaban J connectivity index is 0.00000127. The van der Waals surface area contributed by atoms with Crippen LogP contribution in [0.2, 0.25) is 0 Å². The number of hydrogen-bond donors (Lipinski definition) is 0. The van der Waals surface area contributed by atoms with Crippen molar-refractivity contribution in [3.05, 3.63) is 135 Å². The van der Waals surface area contributed by atoms with Gasteiger partial charge in [0.25, 0.3) is 0 Å². The van der Waals surface area contributed by atoms with Gasteiger partial charge in [-0.25, -0.2) is 0 Å². The molecule has 0 radical (unpaired) electrons. The molecule has 4 aromatic carbocycles. The van der Waals surface area contributed by atoms with Crippen LogP contribution in [0.15, 0.2) is 112 Å². The van der Waals surface area contributed by atoms with E-state index in [1.807, 2.05) is 11.8 Å². The second-order valence-corrected chi connectivity index (χ2v) is 14.3. The molecule has 1 heterocycles. The third kappa shape index (κ3) is 4.38. The Hall–Kier alpha value is -1.35. The third-order valence-electron chi connectivity index (χ3n) is 6.84. The molecule has 0 amide bonds. The topological polar surface area (TPSA) is 0 Å². The fraction of sp³-hybridized carbons (Fsp3) is 0.0667. The average molecular weight is 654 g/mol. The van der Waals surface area contributed by atoms with Gasteiger partial charge >= 0.3 is 220 Å². The van der Waals surface area contributed by atoms with Gasteiger partial charge in [0, 0.05) is 0 Å². The van der Waals surface area contributed by atoms with Crippen molar-refractivity contribution in [1.29, 1.82) is 0 Å². The van der Waals surface area contributed by atoms with Gasteiger partial charge in [0.05, 0.1) is 0 Å². The Morgan fingerprint density at radius 2 is 1.40 bits per heavy atom. The standard InChI is InChI=1S/C15H10Br.C15H9S.2ClH.Zr/c16-13-7-9-15-12(10-13)6-8-14(15)11-4-2-1-3-5-11;1-3-10-9-11(4-1)16-15-6-2-5-13-12(10)7-8-14(13)15;;;/h1-7,9-10,14H;1-6,8-9,12H;2*1H;/q;;;;+2/p-2. The summed E-state index contributed by atoms with van der Waals surface area (Å²) in [7, 11) is 0. The van der Waals surface area contributed by atoms with Gasteiger partial charge in [0.1, 0.15) is 0 Å². The molecule has 2 atom stereocenters. The van der Waals surface area contributed by atoms with Gasteiger partial charge in [-0.15, -0.1) is 0 Å². The average Bonchev–Trinajstić information content (AvgIpc) is 3.38. The first-order valence-corrected chi connectivity index (χ1v) is 15.3. The zero-order chi connectivity index (χ0) is 21.9. The fourth-order valence-corrected chi connectivity index (χ4v) is 11.1. The summed E-state index contributed by atoms with van der Waals surface area (Å²) in [5, 5.41) is 0. The fourth-order valence-electron chi connectivity index (χ4n) is 5.45. The summed E-state index contributed by atoms with van der Waals surface area (Å²) in [4.78, 5) is 2.76. The zero-order valence-corrected chi connectivity index (χ0v) is 24.9. The molecule has 4 aromatic rings. The molecule has 0 nitrogen and oxygen atoms in total. The van der Waals surface area contributed by atoms with Crippen LogP contribution in [0.4, 0.5) is 0 Å². The van der Waals surface area contributed by atoms with Crippen LogP contribution in [-0.2, 0) is 23.2 Å². The van der Waals surface area contributed by atoms with E-state index >= 15 is 0 Å². The summed E-state index contributed by atoms with van der Waals surface area (Å²) in [5.74, 6) is 0.802. The van der Waals surface area contributed by atoms with Crippen LogP contribution < -0.4 is 24.8 Å². The van der Waals surface area contributed by atoms with Crippen molar-refractivity contribution >= 4 is 39.8 Å². The van der Waals surface area contributed by atoms with E-state index in [0.717, 1.165) is 4.47 Å². The molecule has 2 unspecified atom stereocenters. The van der Waals surface area contributed by atoms with E-state index in [1.54, 1.807) is 6.56 Å². The molecule has 3 aliphatic rings. The molecular weight excluding hydrogens is 634 g/mol. The van der Waals surface area contributed by atoms with Gasteiger partial charge in [-0.3, -0.25) is 0 Å². The van der Waals surface area contributed by atoms with Gasteiger partial charge in [-0.2, -0.15) is 0 Å². The molecule has 0 aromatic heterocycles. The largest absolute Gasteiger partial charge is 1.00 e. The number of fused-ring (bicyclic) bond motifs is 4. The van der Waals surface area contributed by atoms with Crippen LogP contribution in [-0.4, -0.2) is 0 Å².